The molecule has 0 aliphatic heterocycles. The standard InChI is InChI=1S/C42H42N2O11/c1-5-39(45)51-24-10-8-7-9-23-50-34-21-15-33(16-22-34)42(47)54-41-37(48-3)25-32(26-38(41)49-4)28-44-43-27-30-11-19-36(20-12-30)55-52-29-31-13-17-35(18-14-31)53-40(46)6-2/h5-6,11-22,25-28H,1-2,7-10,23-24,29H2,3-4H3/b43-27+,44-28+. The van der Waals surface area contributed by atoms with Crippen molar-refractivity contribution in [3.8, 4) is 34.5 Å². The average molecular weight is 751 g/mol. The maximum Gasteiger partial charge on any atom is 0.343 e. The number of rotatable bonds is 22. The van der Waals surface area contributed by atoms with Gasteiger partial charge in [0.25, 0.3) is 0 Å². The van der Waals surface area contributed by atoms with Gasteiger partial charge >= 0.3 is 17.9 Å². The van der Waals surface area contributed by atoms with Crippen molar-refractivity contribution in [2.24, 2.45) is 10.2 Å². The highest BCUT2D eigenvalue weighted by Crippen LogP contribution is 2.39. The minimum absolute atomic E-state index is 0.117. The highest BCUT2D eigenvalue weighted by molar-refractivity contribution is 5.92. The summed E-state index contributed by atoms with van der Waals surface area (Å²) < 4.78 is 32.5. The summed E-state index contributed by atoms with van der Waals surface area (Å²) in [5, 5.41) is 8.24. The second-order valence-electron chi connectivity index (χ2n) is 11.5. The number of ether oxygens (including phenoxy) is 6. The average Bonchev–Trinajstić information content (AvgIpc) is 3.21. The number of unbranched alkanes of at least 4 members (excludes halogenated alkanes) is 3. The number of carbonyl (C=O) groups is 3. The molecule has 0 N–H and O–H groups in total. The Morgan fingerprint density at radius 1 is 0.636 bits per heavy atom. The van der Waals surface area contributed by atoms with Crippen LogP contribution in [0.4, 0.5) is 0 Å². The minimum Gasteiger partial charge on any atom is -0.494 e. The summed E-state index contributed by atoms with van der Waals surface area (Å²) in [6.45, 7) is 7.81. The van der Waals surface area contributed by atoms with Gasteiger partial charge in [0.15, 0.2) is 17.2 Å². The second kappa shape index (κ2) is 22.4. The maximum absolute atomic E-state index is 13.0. The van der Waals surface area contributed by atoms with Gasteiger partial charge in [-0.2, -0.15) is 15.1 Å². The lowest BCUT2D eigenvalue weighted by atomic mass is 10.2. The van der Waals surface area contributed by atoms with E-state index >= 15 is 0 Å². The van der Waals surface area contributed by atoms with E-state index in [0.29, 0.717) is 41.6 Å². The number of esters is 3. The van der Waals surface area contributed by atoms with Crippen LogP contribution in [0.15, 0.2) is 120 Å². The van der Waals surface area contributed by atoms with Crippen LogP contribution in [0, 0.1) is 0 Å². The van der Waals surface area contributed by atoms with Gasteiger partial charge in [-0.05, 0) is 110 Å². The summed E-state index contributed by atoms with van der Waals surface area (Å²) in [6.07, 6.45) is 8.78. The number of hydrogen-bond donors (Lipinski definition) is 0. The van der Waals surface area contributed by atoms with Crippen molar-refractivity contribution in [3.63, 3.8) is 0 Å². The molecule has 0 spiro atoms. The second-order valence-corrected chi connectivity index (χ2v) is 11.5. The third-order valence-electron chi connectivity index (χ3n) is 7.54. The Morgan fingerprint density at radius 3 is 1.84 bits per heavy atom. The molecule has 4 aromatic carbocycles. The number of nitrogens with zero attached hydrogens (tertiary/aromatic N) is 2. The molecule has 0 saturated carbocycles. The molecule has 0 heterocycles. The van der Waals surface area contributed by atoms with Crippen LogP contribution in [0.3, 0.4) is 0 Å². The zero-order chi connectivity index (χ0) is 39.3. The molecule has 0 unspecified atom stereocenters. The van der Waals surface area contributed by atoms with E-state index in [4.69, 9.17) is 38.2 Å². The molecule has 0 saturated heterocycles. The Hall–Kier alpha value is -6.73. The first-order valence-corrected chi connectivity index (χ1v) is 17.2. The molecule has 55 heavy (non-hydrogen) atoms. The molecular weight excluding hydrogens is 708 g/mol. The zero-order valence-electron chi connectivity index (χ0n) is 30.6. The van der Waals surface area contributed by atoms with E-state index in [9.17, 15) is 14.4 Å². The molecule has 4 rings (SSSR count). The molecule has 0 bridgehead atoms. The maximum atomic E-state index is 13.0. The number of hydrogen-bond acceptors (Lipinski definition) is 13. The van der Waals surface area contributed by atoms with Crippen molar-refractivity contribution in [1.82, 2.24) is 0 Å². The summed E-state index contributed by atoms with van der Waals surface area (Å²) in [5.74, 6) is 0.621. The van der Waals surface area contributed by atoms with Gasteiger partial charge in [0.1, 0.15) is 18.1 Å². The lowest BCUT2D eigenvalue weighted by Crippen LogP contribution is -2.10. The highest BCUT2D eigenvalue weighted by atomic mass is 17.2. The Kier molecular flexibility index (Phi) is 16.7. The topological polar surface area (TPSA) is 150 Å². The van der Waals surface area contributed by atoms with Crippen LogP contribution in [-0.2, 0) is 25.8 Å². The summed E-state index contributed by atoms with van der Waals surface area (Å²) in [7, 11) is 2.91. The van der Waals surface area contributed by atoms with Gasteiger partial charge in [0.2, 0.25) is 5.75 Å². The molecule has 0 fully saturated rings. The summed E-state index contributed by atoms with van der Waals surface area (Å²) >= 11 is 0. The Labute approximate surface area is 319 Å². The fourth-order valence-corrected chi connectivity index (χ4v) is 4.68. The third-order valence-corrected chi connectivity index (χ3v) is 7.54. The molecule has 0 aromatic heterocycles. The summed E-state index contributed by atoms with van der Waals surface area (Å²) in [5.41, 5.74) is 2.50. The van der Waals surface area contributed by atoms with E-state index in [-0.39, 0.29) is 23.9 Å². The van der Waals surface area contributed by atoms with Gasteiger partial charge in [0.05, 0.1) is 45.4 Å². The van der Waals surface area contributed by atoms with Crippen molar-refractivity contribution >= 4 is 30.3 Å². The Morgan fingerprint density at radius 2 is 1.22 bits per heavy atom. The first kappa shape index (κ1) is 41.0. The van der Waals surface area contributed by atoms with Gasteiger partial charge in [-0.25, -0.2) is 14.4 Å². The van der Waals surface area contributed by atoms with Crippen LogP contribution in [-0.4, -0.2) is 57.8 Å². The van der Waals surface area contributed by atoms with E-state index in [1.165, 1.54) is 20.4 Å². The lowest BCUT2D eigenvalue weighted by molar-refractivity contribution is -0.217. The zero-order valence-corrected chi connectivity index (χ0v) is 30.6. The molecule has 0 atom stereocenters. The van der Waals surface area contributed by atoms with Crippen LogP contribution in [0.2, 0.25) is 0 Å². The van der Waals surface area contributed by atoms with E-state index in [2.05, 4.69) is 23.4 Å². The normalized spacial score (nSPS) is 10.8. The molecule has 286 valence electrons. The largest absolute Gasteiger partial charge is 0.494 e. The molecule has 0 amide bonds. The van der Waals surface area contributed by atoms with E-state index < -0.39 is 17.9 Å². The summed E-state index contributed by atoms with van der Waals surface area (Å²) in [6, 6.07) is 23.8. The van der Waals surface area contributed by atoms with Crippen LogP contribution >= 0.6 is 0 Å². The van der Waals surface area contributed by atoms with Gasteiger partial charge in [-0.3, -0.25) is 0 Å². The van der Waals surface area contributed by atoms with Crippen molar-refractivity contribution in [3.05, 3.63) is 132 Å². The van der Waals surface area contributed by atoms with Crippen molar-refractivity contribution < 1.29 is 52.6 Å². The molecule has 13 nitrogen and oxygen atoms in total. The van der Waals surface area contributed by atoms with Gasteiger partial charge in [-0.15, -0.1) is 0 Å². The van der Waals surface area contributed by atoms with E-state index in [1.807, 2.05) is 0 Å². The van der Waals surface area contributed by atoms with Crippen LogP contribution in [0.25, 0.3) is 0 Å². The van der Waals surface area contributed by atoms with Crippen molar-refractivity contribution in [2.45, 2.75) is 32.3 Å². The highest BCUT2D eigenvalue weighted by Gasteiger charge is 2.19. The van der Waals surface area contributed by atoms with Gasteiger partial charge in [0, 0.05) is 17.7 Å². The molecule has 0 aliphatic carbocycles. The predicted molar refractivity (Wildman–Crippen MR) is 205 cm³/mol. The monoisotopic (exact) mass is 750 g/mol. The fraction of sp³-hybridized carbons (Fsp3) is 0.214. The minimum atomic E-state index is -0.603. The SMILES string of the molecule is C=CC(=O)OCCCCCCOc1ccc(C(=O)Oc2c(OC)cc(/C=N/N=C/c3ccc(OOCc4ccc(OC(=O)C=C)cc4)cc3)cc2OC)cc1. The third kappa shape index (κ3) is 14.0. The molecule has 13 heteroatoms. The predicted octanol–water partition coefficient (Wildman–Crippen LogP) is 7.65. The molecule has 4 aromatic rings. The van der Waals surface area contributed by atoms with Gasteiger partial charge in [-0.1, -0.05) is 25.3 Å². The fourth-order valence-electron chi connectivity index (χ4n) is 4.68. The molecular formula is C42H42N2O11. The first-order chi connectivity index (χ1) is 26.8. The Bertz CT molecular complexity index is 1910. The molecule has 0 radical (unpaired) electrons. The smallest absolute Gasteiger partial charge is 0.343 e. The molecule has 0 aliphatic rings. The Balaban J connectivity index is 1.23. The number of benzene rings is 4. The van der Waals surface area contributed by atoms with E-state index in [0.717, 1.165) is 49.0 Å². The van der Waals surface area contributed by atoms with Gasteiger partial charge < -0.3 is 33.3 Å². The summed E-state index contributed by atoms with van der Waals surface area (Å²) in [4.78, 5) is 46.1. The van der Waals surface area contributed by atoms with Crippen LogP contribution < -0.4 is 28.6 Å². The quantitative estimate of drug-likeness (QED) is 0.0148. The first-order valence-electron chi connectivity index (χ1n) is 17.2. The number of methoxy groups -OCH3 is 2. The van der Waals surface area contributed by atoms with Crippen LogP contribution in [0.1, 0.15) is 52.7 Å². The van der Waals surface area contributed by atoms with E-state index in [1.54, 1.807) is 91.1 Å². The number of carbonyl (C=O) groups excluding carboxylic acids is 3. The van der Waals surface area contributed by atoms with Crippen LogP contribution in [0.5, 0.6) is 34.5 Å². The van der Waals surface area contributed by atoms with Crippen molar-refractivity contribution in [2.75, 3.05) is 27.4 Å². The lowest BCUT2D eigenvalue weighted by Gasteiger charge is -2.14. The van der Waals surface area contributed by atoms with Crippen molar-refractivity contribution in [1.29, 1.82) is 0 Å².